The molecule has 0 unspecified atom stereocenters. The van der Waals surface area contributed by atoms with Crippen LogP contribution in [0.5, 0.6) is 0 Å². The van der Waals surface area contributed by atoms with Gasteiger partial charge in [-0.2, -0.15) is 8.42 Å². The number of allylic oxidation sites excluding steroid dienone is 4. The molecule has 0 aliphatic carbocycles. The minimum atomic E-state index is -4.76. The number of benzene rings is 1. The summed E-state index contributed by atoms with van der Waals surface area (Å²) in [6.45, 7) is 4.64. The van der Waals surface area contributed by atoms with Crippen molar-refractivity contribution in [3.8, 4) is 0 Å². The van der Waals surface area contributed by atoms with Gasteiger partial charge >= 0.3 is 11.9 Å². The van der Waals surface area contributed by atoms with E-state index in [9.17, 15) is 22.6 Å². The van der Waals surface area contributed by atoms with Crippen molar-refractivity contribution in [2.75, 3.05) is 13.2 Å². The van der Waals surface area contributed by atoms with Crippen LogP contribution in [0, 0.1) is 0 Å². The molecule has 54 heavy (non-hydrogen) atoms. The molecule has 0 aliphatic heterocycles. The van der Waals surface area contributed by atoms with Gasteiger partial charge in [0, 0.05) is 0 Å². The van der Waals surface area contributed by atoms with Gasteiger partial charge in [0.2, 0.25) is 0 Å². The first-order valence-corrected chi connectivity index (χ1v) is 23.5. The highest BCUT2D eigenvalue weighted by Gasteiger charge is 2.28. The molecule has 1 rings (SSSR count). The van der Waals surface area contributed by atoms with Gasteiger partial charge in [0.25, 0.3) is 10.1 Å². The molecule has 0 saturated heterocycles. The first-order valence-electron chi connectivity index (χ1n) is 22.1. The highest BCUT2D eigenvalue weighted by atomic mass is 32.2. The van der Waals surface area contributed by atoms with Crippen molar-refractivity contribution in [3.05, 3.63) is 53.6 Å². The largest absolute Gasteiger partial charge is 0.462 e. The number of carbonyl (C=O) groups is 2. The van der Waals surface area contributed by atoms with Crippen LogP contribution in [0.2, 0.25) is 0 Å². The van der Waals surface area contributed by atoms with Crippen molar-refractivity contribution in [1.82, 2.24) is 0 Å². The molecule has 0 radical (unpaired) electrons. The summed E-state index contributed by atoms with van der Waals surface area (Å²) in [6.07, 6.45) is 44.9. The zero-order valence-electron chi connectivity index (χ0n) is 34.5. The molecule has 8 heteroatoms. The second-order valence-electron chi connectivity index (χ2n) is 15.0. The summed E-state index contributed by atoms with van der Waals surface area (Å²) in [5, 5.41) is 0. The monoisotopic (exact) mass is 775 g/mol. The lowest BCUT2D eigenvalue weighted by Crippen LogP contribution is -2.19. The average molecular weight is 775 g/mol. The molecule has 0 amide bonds. The van der Waals surface area contributed by atoms with Crippen LogP contribution in [0.15, 0.2) is 47.4 Å². The molecule has 0 aliphatic rings. The normalized spacial score (nSPS) is 11.9. The predicted molar refractivity (Wildman–Crippen MR) is 225 cm³/mol. The van der Waals surface area contributed by atoms with E-state index in [4.69, 9.17) is 9.47 Å². The van der Waals surface area contributed by atoms with E-state index in [1.807, 2.05) is 0 Å². The Bertz CT molecular complexity index is 1240. The van der Waals surface area contributed by atoms with Crippen molar-refractivity contribution in [3.63, 3.8) is 0 Å². The van der Waals surface area contributed by atoms with E-state index in [1.54, 1.807) is 0 Å². The summed E-state index contributed by atoms with van der Waals surface area (Å²) < 4.78 is 44.8. The second kappa shape index (κ2) is 35.0. The number of unbranched alkanes of at least 4 members (excludes halogenated alkanes) is 26. The molecular weight excluding hydrogens is 697 g/mol. The van der Waals surface area contributed by atoms with E-state index in [2.05, 4.69) is 38.2 Å². The number of hydrogen-bond donors (Lipinski definition) is 1. The van der Waals surface area contributed by atoms with Gasteiger partial charge in [0.1, 0.15) is 4.90 Å². The molecule has 0 atom stereocenters. The van der Waals surface area contributed by atoms with Crippen LogP contribution in [0.4, 0.5) is 0 Å². The lowest BCUT2D eigenvalue weighted by molar-refractivity contribution is 0.0446. The maximum Gasteiger partial charge on any atom is 0.340 e. The van der Waals surface area contributed by atoms with E-state index < -0.39 is 32.5 Å². The second-order valence-corrected chi connectivity index (χ2v) is 16.3. The van der Waals surface area contributed by atoms with Gasteiger partial charge in [-0.1, -0.05) is 185 Å². The quantitative estimate of drug-likeness (QED) is 0.0310. The number of rotatable bonds is 37. The van der Waals surface area contributed by atoms with Crippen LogP contribution >= 0.6 is 0 Å². The third-order valence-electron chi connectivity index (χ3n) is 10.0. The van der Waals surface area contributed by atoms with Crippen molar-refractivity contribution >= 4 is 22.1 Å². The molecule has 1 aromatic carbocycles. The standard InChI is InChI=1S/C46H78O7S/c1-3-5-7-9-11-13-15-17-19-21-23-25-27-29-31-33-35-40-52-45(47)42-38-37-39-43(54(49,50)51)44(42)46(48)53-41-36-34-32-30-28-26-24-22-20-18-16-14-12-10-8-6-4-2/h5-8,37-39H,3-4,9-36,40-41H2,1-2H3,(H,49,50,51)/b7-5+,8-6+. The molecule has 0 saturated carbocycles. The van der Waals surface area contributed by atoms with Gasteiger partial charge in [-0.3, -0.25) is 4.55 Å². The topological polar surface area (TPSA) is 107 Å². The fourth-order valence-electron chi connectivity index (χ4n) is 6.79. The van der Waals surface area contributed by atoms with Gasteiger partial charge in [-0.05, 0) is 63.5 Å². The summed E-state index contributed by atoms with van der Waals surface area (Å²) in [5.41, 5.74) is -0.673. The summed E-state index contributed by atoms with van der Waals surface area (Å²) >= 11 is 0. The number of ether oxygens (including phenoxy) is 2. The molecule has 0 aromatic heterocycles. The molecule has 0 heterocycles. The first-order chi connectivity index (χ1) is 26.3. The zero-order chi connectivity index (χ0) is 39.4. The minimum absolute atomic E-state index is 0.111. The molecule has 1 aromatic rings. The molecule has 7 nitrogen and oxygen atoms in total. The van der Waals surface area contributed by atoms with Crippen LogP contribution in [-0.2, 0) is 19.6 Å². The molecule has 0 spiro atoms. The average Bonchev–Trinajstić information content (AvgIpc) is 3.16. The van der Waals surface area contributed by atoms with Crippen LogP contribution < -0.4 is 0 Å². The predicted octanol–water partition coefficient (Wildman–Crippen LogP) is 14.1. The Balaban J connectivity index is 2.22. The SMILES string of the molecule is CC/C=C/CCCCCCCCCCCCCCCOC(=O)c1cccc(S(=O)(=O)O)c1C(=O)OCCCCCCCCCCCCCCC/C=C/CC. The Morgan fingerprint density at radius 1 is 0.500 bits per heavy atom. The Morgan fingerprint density at radius 2 is 0.833 bits per heavy atom. The van der Waals surface area contributed by atoms with Crippen LogP contribution in [0.3, 0.4) is 0 Å². The summed E-state index contributed by atoms with van der Waals surface area (Å²) in [4.78, 5) is 25.4. The summed E-state index contributed by atoms with van der Waals surface area (Å²) in [5.74, 6) is -1.74. The highest BCUT2D eigenvalue weighted by Crippen LogP contribution is 2.23. The van der Waals surface area contributed by atoms with E-state index in [0.29, 0.717) is 12.8 Å². The Morgan fingerprint density at radius 3 is 1.19 bits per heavy atom. The first kappa shape index (κ1) is 49.6. The minimum Gasteiger partial charge on any atom is -0.462 e. The summed E-state index contributed by atoms with van der Waals surface area (Å²) in [7, 11) is -4.76. The third-order valence-corrected chi connectivity index (χ3v) is 10.9. The van der Waals surface area contributed by atoms with Crippen molar-refractivity contribution in [2.45, 2.75) is 211 Å². The van der Waals surface area contributed by atoms with Gasteiger partial charge in [0.05, 0.1) is 24.3 Å². The Hall–Kier alpha value is -2.45. The smallest absolute Gasteiger partial charge is 0.340 e. The number of hydrogen-bond acceptors (Lipinski definition) is 6. The van der Waals surface area contributed by atoms with Crippen molar-refractivity contribution < 1.29 is 32.0 Å². The van der Waals surface area contributed by atoms with Crippen LogP contribution in [-0.4, -0.2) is 38.1 Å². The third kappa shape index (κ3) is 27.2. The lowest BCUT2D eigenvalue weighted by atomic mass is 10.0. The lowest BCUT2D eigenvalue weighted by Gasteiger charge is -2.13. The van der Waals surface area contributed by atoms with Gasteiger partial charge in [-0.15, -0.1) is 0 Å². The van der Waals surface area contributed by atoms with Crippen molar-refractivity contribution in [2.24, 2.45) is 0 Å². The molecule has 1 N–H and O–H groups in total. The Labute approximate surface area is 331 Å². The van der Waals surface area contributed by atoms with E-state index in [0.717, 1.165) is 57.4 Å². The molecule has 310 valence electrons. The number of esters is 2. The van der Waals surface area contributed by atoms with E-state index in [-0.39, 0.29) is 18.8 Å². The van der Waals surface area contributed by atoms with Gasteiger partial charge in [-0.25, -0.2) is 9.59 Å². The van der Waals surface area contributed by atoms with Gasteiger partial charge in [0.15, 0.2) is 0 Å². The van der Waals surface area contributed by atoms with Crippen molar-refractivity contribution in [1.29, 1.82) is 0 Å². The van der Waals surface area contributed by atoms with Crippen LogP contribution in [0.1, 0.15) is 227 Å². The number of carbonyl (C=O) groups excluding carboxylic acids is 2. The van der Waals surface area contributed by atoms with Gasteiger partial charge < -0.3 is 9.47 Å². The van der Waals surface area contributed by atoms with E-state index in [1.165, 1.54) is 141 Å². The fourth-order valence-corrected chi connectivity index (χ4v) is 7.49. The maximum atomic E-state index is 13.0. The van der Waals surface area contributed by atoms with E-state index >= 15 is 0 Å². The molecule has 0 bridgehead atoms. The molecular formula is C46H78O7S. The van der Waals surface area contributed by atoms with Crippen LogP contribution in [0.25, 0.3) is 0 Å². The zero-order valence-corrected chi connectivity index (χ0v) is 35.3. The maximum absolute atomic E-state index is 13.0. The Kier molecular flexibility index (Phi) is 32.1. The highest BCUT2D eigenvalue weighted by molar-refractivity contribution is 7.86. The molecule has 0 fully saturated rings. The fraction of sp³-hybridized carbons (Fsp3) is 0.739. The summed E-state index contributed by atoms with van der Waals surface area (Å²) in [6, 6.07) is 3.76.